The van der Waals surface area contributed by atoms with Gasteiger partial charge < -0.3 is 34.9 Å². The number of rotatable bonds is 6. The van der Waals surface area contributed by atoms with Crippen molar-refractivity contribution in [2.75, 3.05) is 31.8 Å². The Hall–Kier alpha value is -4.92. The minimum atomic E-state index is -1.07. The van der Waals surface area contributed by atoms with Crippen molar-refractivity contribution in [2.24, 2.45) is 5.73 Å². The monoisotopic (exact) mass is 556 g/mol. The molecule has 210 valence electrons. The zero-order valence-electron chi connectivity index (χ0n) is 22.5. The number of nitrogens with one attached hydrogen (secondary N) is 1. The van der Waals surface area contributed by atoms with Gasteiger partial charge in [-0.3, -0.25) is 19.4 Å². The number of pyridine rings is 1. The van der Waals surface area contributed by atoms with Gasteiger partial charge in [0.05, 0.1) is 5.69 Å². The average Bonchev–Trinajstić information content (AvgIpc) is 3.06. The van der Waals surface area contributed by atoms with E-state index in [1.54, 1.807) is 43.4 Å². The molecule has 3 aromatic rings. The van der Waals surface area contributed by atoms with Crippen molar-refractivity contribution in [1.82, 2.24) is 10.3 Å². The van der Waals surface area contributed by atoms with E-state index in [4.69, 9.17) is 24.7 Å². The van der Waals surface area contributed by atoms with Gasteiger partial charge in [-0.2, -0.15) is 0 Å². The Morgan fingerprint density at radius 2 is 1.93 bits per heavy atom. The highest BCUT2D eigenvalue weighted by Crippen LogP contribution is 2.32. The molecule has 0 saturated carbocycles. The predicted octanol–water partition coefficient (Wildman–Crippen LogP) is 2.04. The Balaban J connectivity index is 1.28. The van der Waals surface area contributed by atoms with E-state index in [-0.39, 0.29) is 31.4 Å². The molecule has 3 N–H and O–H groups in total. The number of ether oxygens (including phenoxy) is 4. The van der Waals surface area contributed by atoms with Crippen LogP contribution in [0.4, 0.5) is 5.69 Å². The van der Waals surface area contributed by atoms with Crippen molar-refractivity contribution in [3.05, 3.63) is 78.1 Å². The number of amides is 2. The molecule has 2 aliphatic heterocycles. The van der Waals surface area contributed by atoms with Crippen molar-refractivity contribution in [3.63, 3.8) is 0 Å². The van der Waals surface area contributed by atoms with Crippen LogP contribution in [-0.2, 0) is 19.1 Å². The first-order valence-electron chi connectivity index (χ1n) is 12.9. The smallest absolute Gasteiger partial charge is 0.324 e. The number of benzene rings is 2. The number of nitrogens with zero attached hydrogens (tertiary/aromatic N) is 2. The summed E-state index contributed by atoms with van der Waals surface area (Å²) in [6.45, 7) is 1.73. The number of carbonyl (C=O) groups excluding carboxylic acids is 3. The first kappa shape index (κ1) is 27.6. The van der Waals surface area contributed by atoms with Crippen LogP contribution in [0.5, 0.6) is 17.2 Å². The number of hydrogen-bond acceptors (Lipinski definition) is 9. The fourth-order valence-electron chi connectivity index (χ4n) is 4.05. The van der Waals surface area contributed by atoms with E-state index >= 15 is 0 Å². The molecule has 2 aromatic carbocycles. The zero-order valence-corrected chi connectivity index (χ0v) is 22.5. The van der Waals surface area contributed by atoms with E-state index in [1.165, 1.54) is 24.1 Å². The molecule has 1 fully saturated rings. The molecule has 3 heterocycles. The maximum atomic E-state index is 13.3. The molecule has 0 unspecified atom stereocenters. The third-order valence-corrected chi connectivity index (χ3v) is 6.38. The van der Waals surface area contributed by atoms with Gasteiger partial charge in [0.25, 0.3) is 11.8 Å². The molecular formula is C30H28N4O7. The van der Waals surface area contributed by atoms with Crippen molar-refractivity contribution >= 4 is 23.5 Å². The Bertz CT molecular complexity index is 1530. The van der Waals surface area contributed by atoms with Gasteiger partial charge >= 0.3 is 5.97 Å². The number of fused-ring (bicyclic) bond motifs is 1. The molecular weight excluding hydrogens is 528 g/mol. The van der Waals surface area contributed by atoms with Crippen LogP contribution in [0.1, 0.15) is 23.0 Å². The highest BCUT2D eigenvalue weighted by atomic mass is 16.6. The van der Waals surface area contributed by atoms with E-state index in [2.05, 4.69) is 22.1 Å². The van der Waals surface area contributed by atoms with Crippen molar-refractivity contribution in [3.8, 4) is 29.1 Å². The van der Waals surface area contributed by atoms with Gasteiger partial charge in [0, 0.05) is 24.9 Å². The molecule has 41 heavy (non-hydrogen) atoms. The fraction of sp³-hybridized carbons (Fsp3) is 0.267. The molecule has 11 heteroatoms. The number of likely N-dealkylation sites (N-methyl/N-ethyl adjacent to an activating group) is 1. The van der Waals surface area contributed by atoms with Gasteiger partial charge in [-0.1, -0.05) is 24.1 Å². The van der Waals surface area contributed by atoms with Crippen molar-refractivity contribution in [2.45, 2.75) is 24.6 Å². The Morgan fingerprint density at radius 1 is 1.15 bits per heavy atom. The van der Waals surface area contributed by atoms with Crippen LogP contribution >= 0.6 is 0 Å². The molecule has 11 nitrogen and oxygen atoms in total. The summed E-state index contributed by atoms with van der Waals surface area (Å²) in [5.74, 6) is 5.95. The molecule has 1 aromatic heterocycles. The summed E-state index contributed by atoms with van der Waals surface area (Å²) in [7, 11) is 1.59. The molecule has 1 saturated heterocycles. The highest BCUT2D eigenvalue weighted by molar-refractivity contribution is 6.03. The molecule has 5 rings (SSSR count). The topological polar surface area (TPSA) is 142 Å². The van der Waals surface area contributed by atoms with Crippen LogP contribution in [0, 0.1) is 11.8 Å². The van der Waals surface area contributed by atoms with E-state index < -0.39 is 29.6 Å². The number of nitrogens with two attached hydrogens (primary N) is 1. The third kappa shape index (κ3) is 6.30. The second kappa shape index (κ2) is 11.7. The molecule has 2 amide bonds. The first-order valence-corrected chi connectivity index (χ1v) is 12.9. The van der Waals surface area contributed by atoms with Crippen LogP contribution in [0.25, 0.3) is 0 Å². The van der Waals surface area contributed by atoms with Gasteiger partial charge in [-0.15, -0.1) is 0 Å². The standard InChI is InChI=1S/C30H28N4O7/c1-19(31)29(37)41-30(17-38-18-30)12-10-20-8-9-26-25(14-20)34(2)28(36)24(16-39-26)33-27(35)23-15-22(11-13-32-23)40-21-6-4-3-5-7-21/h3-9,11,13-15,19,24H,16-18,31H2,1-2H3,(H,33,35)/t19-,24+/m0/s1. The summed E-state index contributed by atoms with van der Waals surface area (Å²) in [4.78, 5) is 43.8. The summed E-state index contributed by atoms with van der Waals surface area (Å²) < 4.78 is 22.3. The second-order valence-corrected chi connectivity index (χ2v) is 9.66. The number of para-hydroxylation sites is 1. The van der Waals surface area contributed by atoms with Gasteiger partial charge in [0.2, 0.25) is 5.60 Å². The number of esters is 1. The van der Waals surface area contributed by atoms with E-state index in [1.807, 2.05) is 18.2 Å². The predicted molar refractivity (Wildman–Crippen MR) is 148 cm³/mol. The first-order chi connectivity index (χ1) is 19.7. The number of carbonyl (C=O) groups is 3. The Labute approximate surface area is 236 Å². The summed E-state index contributed by atoms with van der Waals surface area (Å²) in [6, 6.07) is 15.6. The second-order valence-electron chi connectivity index (χ2n) is 9.66. The van der Waals surface area contributed by atoms with Crippen LogP contribution in [0.15, 0.2) is 66.9 Å². The summed E-state index contributed by atoms with van der Waals surface area (Å²) in [6.07, 6.45) is 1.46. The Kier molecular flexibility index (Phi) is 7.87. The fourth-order valence-corrected chi connectivity index (χ4v) is 4.05. The van der Waals surface area contributed by atoms with Crippen LogP contribution in [0.3, 0.4) is 0 Å². The lowest BCUT2D eigenvalue weighted by Gasteiger charge is -2.36. The van der Waals surface area contributed by atoms with Gasteiger partial charge in [-0.05, 0) is 49.2 Å². The van der Waals surface area contributed by atoms with Crippen LogP contribution < -0.4 is 25.4 Å². The maximum Gasteiger partial charge on any atom is 0.324 e. The van der Waals surface area contributed by atoms with E-state index in [9.17, 15) is 14.4 Å². The quantitative estimate of drug-likeness (QED) is 0.344. The average molecular weight is 557 g/mol. The van der Waals surface area contributed by atoms with Crippen LogP contribution in [-0.4, -0.2) is 67.3 Å². The normalized spacial score (nSPS) is 17.8. The van der Waals surface area contributed by atoms with Crippen LogP contribution in [0.2, 0.25) is 0 Å². The lowest BCUT2D eigenvalue weighted by molar-refractivity contribution is -0.193. The number of anilines is 1. The lowest BCUT2D eigenvalue weighted by Crippen LogP contribution is -2.53. The number of hydrogen-bond donors (Lipinski definition) is 2. The highest BCUT2D eigenvalue weighted by Gasteiger charge is 2.42. The minimum absolute atomic E-state index is 0.0825. The minimum Gasteiger partial charge on any atom is -0.489 e. The molecule has 2 atom stereocenters. The molecule has 0 bridgehead atoms. The molecule has 0 aliphatic carbocycles. The SMILES string of the molecule is C[C@H](N)C(=O)OC1(C#Cc2ccc3c(c2)N(C)C(=O)[C@H](NC(=O)c2cc(Oc4ccccc4)ccn2)CO3)COC1. The van der Waals surface area contributed by atoms with Gasteiger partial charge in [-0.25, -0.2) is 0 Å². The summed E-state index contributed by atoms with van der Waals surface area (Å²) in [5.41, 5.74) is 5.67. The number of aromatic nitrogens is 1. The zero-order chi connectivity index (χ0) is 29.0. The largest absolute Gasteiger partial charge is 0.489 e. The van der Waals surface area contributed by atoms with E-state index in [0.29, 0.717) is 28.5 Å². The molecule has 2 aliphatic rings. The van der Waals surface area contributed by atoms with Crippen molar-refractivity contribution < 1.29 is 33.3 Å². The van der Waals surface area contributed by atoms with E-state index in [0.717, 1.165) is 0 Å². The van der Waals surface area contributed by atoms with Crippen molar-refractivity contribution in [1.29, 1.82) is 0 Å². The van der Waals surface area contributed by atoms with Gasteiger partial charge in [0.15, 0.2) is 0 Å². The Morgan fingerprint density at radius 3 is 2.63 bits per heavy atom. The molecule has 0 spiro atoms. The maximum absolute atomic E-state index is 13.3. The molecule has 0 radical (unpaired) electrons. The lowest BCUT2D eigenvalue weighted by atomic mass is 10.0. The summed E-state index contributed by atoms with van der Waals surface area (Å²) in [5, 5.41) is 2.71. The van der Waals surface area contributed by atoms with Gasteiger partial charge in [0.1, 0.15) is 54.8 Å². The summed E-state index contributed by atoms with van der Waals surface area (Å²) >= 11 is 0. The third-order valence-electron chi connectivity index (χ3n) is 6.38.